The lowest BCUT2D eigenvalue weighted by molar-refractivity contribution is 0.0600. The van der Waals surface area contributed by atoms with E-state index in [9.17, 15) is 4.79 Å². The van der Waals surface area contributed by atoms with Crippen molar-refractivity contribution >= 4 is 5.97 Å². The Morgan fingerprint density at radius 3 is 3.21 bits per heavy atom. The molecule has 14 heavy (non-hydrogen) atoms. The Kier molecular flexibility index (Phi) is 2.37. The molecule has 4 nitrogen and oxygen atoms in total. The molecule has 0 saturated heterocycles. The SMILES string of the molecule is COC(=O)c1ccc2c(c1)CCNO2. The lowest BCUT2D eigenvalue weighted by Gasteiger charge is -2.17. The maximum atomic E-state index is 11.2. The number of carbonyl (C=O) groups is 1. The number of esters is 1. The van der Waals surface area contributed by atoms with Gasteiger partial charge in [-0.3, -0.25) is 0 Å². The summed E-state index contributed by atoms with van der Waals surface area (Å²) in [6.45, 7) is 0.762. The highest BCUT2D eigenvalue weighted by molar-refractivity contribution is 5.89. The molecule has 0 bridgehead atoms. The molecule has 0 amide bonds. The smallest absolute Gasteiger partial charge is 0.337 e. The van der Waals surface area contributed by atoms with Crippen LogP contribution in [-0.2, 0) is 11.2 Å². The first-order valence-corrected chi connectivity index (χ1v) is 4.42. The number of carbonyl (C=O) groups excluding carboxylic acids is 1. The molecule has 1 heterocycles. The molecule has 0 radical (unpaired) electrons. The van der Waals surface area contributed by atoms with Crippen LogP contribution in [0.1, 0.15) is 15.9 Å². The van der Waals surface area contributed by atoms with Gasteiger partial charge in [-0.05, 0) is 30.2 Å². The van der Waals surface area contributed by atoms with Crippen molar-refractivity contribution in [1.29, 1.82) is 0 Å². The second-order valence-corrected chi connectivity index (χ2v) is 3.06. The summed E-state index contributed by atoms with van der Waals surface area (Å²) < 4.78 is 4.63. The van der Waals surface area contributed by atoms with Crippen molar-refractivity contribution in [3.8, 4) is 5.75 Å². The van der Waals surface area contributed by atoms with Gasteiger partial charge in [-0.15, -0.1) is 0 Å². The Hall–Kier alpha value is -1.55. The molecule has 0 spiro atoms. The summed E-state index contributed by atoms with van der Waals surface area (Å²) in [4.78, 5) is 16.4. The Morgan fingerprint density at radius 2 is 2.43 bits per heavy atom. The average Bonchev–Trinajstić information content (AvgIpc) is 2.27. The topological polar surface area (TPSA) is 47.6 Å². The fraction of sp³-hybridized carbons (Fsp3) is 0.300. The zero-order valence-electron chi connectivity index (χ0n) is 7.87. The van der Waals surface area contributed by atoms with Gasteiger partial charge in [-0.25, -0.2) is 4.79 Å². The number of hydroxylamine groups is 1. The Morgan fingerprint density at radius 1 is 1.57 bits per heavy atom. The number of hydrogen-bond acceptors (Lipinski definition) is 4. The van der Waals surface area contributed by atoms with Crippen LogP contribution in [0.5, 0.6) is 5.75 Å². The highest BCUT2D eigenvalue weighted by Crippen LogP contribution is 2.22. The van der Waals surface area contributed by atoms with Gasteiger partial charge >= 0.3 is 5.97 Å². The lowest BCUT2D eigenvalue weighted by Crippen LogP contribution is -2.26. The second-order valence-electron chi connectivity index (χ2n) is 3.06. The first kappa shape index (κ1) is 9.02. The third-order valence-corrected chi connectivity index (χ3v) is 2.16. The maximum Gasteiger partial charge on any atom is 0.337 e. The molecule has 0 saturated carbocycles. The van der Waals surface area contributed by atoms with E-state index in [1.807, 2.05) is 6.07 Å². The van der Waals surface area contributed by atoms with Gasteiger partial charge in [0.25, 0.3) is 0 Å². The zero-order valence-corrected chi connectivity index (χ0v) is 7.87. The summed E-state index contributed by atoms with van der Waals surface area (Å²) in [5, 5.41) is 0. The number of rotatable bonds is 1. The van der Waals surface area contributed by atoms with Gasteiger partial charge in [-0.1, -0.05) is 0 Å². The number of hydrogen-bond donors (Lipinski definition) is 1. The van der Waals surface area contributed by atoms with Crippen molar-refractivity contribution < 1.29 is 14.4 Å². The summed E-state index contributed by atoms with van der Waals surface area (Å²) in [7, 11) is 1.37. The quantitative estimate of drug-likeness (QED) is 0.673. The fourth-order valence-electron chi connectivity index (χ4n) is 1.43. The van der Waals surface area contributed by atoms with E-state index < -0.39 is 0 Å². The Balaban J connectivity index is 2.33. The largest absolute Gasteiger partial charge is 0.465 e. The van der Waals surface area contributed by atoms with Crippen molar-refractivity contribution in [3.63, 3.8) is 0 Å². The summed E-state index contributed by atoms with van der Waals surface area (Å²) in [6.07, 6.45) is 0.861. The van der Waals surface area contributed by atoms with E-state index in [-0.39, 0.29) is 5.97 Å². The van der Waals surface area contributed by atoms with Crippen molar-refractivity contribution in [1.82, 2.24) is 5.48 Å². The van der Waals surface area contributed by atoms with Crippen LogP contribution in [0.25, 0.3) is 0 Å². The minimum absolute atomic E-state index is 0.314. The summed E-state index contributed by atoms with van der Waals surface area (Å²) >= 11 is 0. The zero-order chi connectivity index (χ0) is 9.97. The van der Waals surface area contributed by atoms with Gasteiger partial charge < -0.3 is 9.57 Å². The predicted octanol–water partition coefficient (Wildman–Crippen LogP) is 0.913. The van der Waals surface area contributed by atoms with Crippen LogP contribution in [0.2, 0.25) is 0 Å². The highest BCUT2D eigenvalue weighted by atomic mass is 16.6. The van der Waals surface area contributed by atoms with Crippen molar-refractivity contribution in [2.45, 2.75) is 6.42 Å². The van der Waals surface area contributed by atoms with Crippen molar-refractivity contribution in [2.24, 2.45) is 0 Å². The monoisotopic (exact) mass is 193 g/mol. The summed E-state index contributed by atoms with van der Waals surface area (Å²) in [5.74, 6) is 0.468. The average molecular weight is 193 g/mol. The van der Waals surface area contributed by atoms with Crippen molar-refractivity contribution in [2.75, 3.05) is 13.7 Å². The molecular formula is C10H11NO3. The normalized spacial score (nSPS) is 14.1. The lowest BCUT2D eigenvalue weighted by atomic mass is 10.1. The molecule has 0 unspecified atom stereocenters. The maximum absolute atomic E-state index is 11.2. The third-order valence-electron chi connectivity index (χ3n) is 2.16. The van der Waals surface area contributed by atoms with Crippen LogP contribution < -0.4 is 10.3 Å². The first-order valence-electron chi connectivity index (χ1n) is 4.42. The predicted molar refractivity (Wildman–Crippen MR) is 50.1 cm³/mol. The molecule has 1 aliphatic rings. The van der Waals surface area contributed by atoms with Crippen LogP contribution in [0.3, 0.4) is 0 Å². The standard InChI is InChI=1S/C10H11NO3/c1-13-10(12)8-2-3-9-7(6-8)4-5-11-14-9/h2-3,6,11H,4-5H2,1H3. The van der Waals surface area contributed by atoms with Gasteiger partial charge in [0.15, 0.2) is 0 Å². The van der Waals surface area contributed by atoms with Crippen LogP contribution >= 0.6 is 0 Å². The molecule has 0 aliphatic carbocycles. The second kappa shape index (κ2) is 3.67. The molecule has 4 heteroatoms. The molecule has 2 rings (SSSR count). The van der Waals surface area contributed by atoms with E-state index in [1.165, 1.54) is 7.11 Å². The molecule has 74 valence electrons. The van der Waals surface area contributed by atoms with Crippen LogP contribution in [0, 0.1) is 0 Å². The van der Waals surface area contributed by atoms with Gasteiger partial charge in [0, 0.05) is 6.54 Å². The van der Waals surface area contributed by atoms with E-state index in [0.29, 0.717) is 5.56 Å². The van der Waals surface area contributed by atoms with Crippen LogP contribution in [0.15, 0.2) is 18.2 Å². The molecule has 1 aliphatic heterocycles. The van der Waals surface area contributed by atoms with Gasteiger partial charge in [-0.2, -0.15) is 5.48 Å². The third kappa shape index (κ3) is 1.56. The molecule has 0 atom stereocenters. The van der Waals surface area contributed by atoms with Gasteiger partial charge in [0.2, 0.25) is 0 Å². The van der Waals surface area contributed by atoms with E-state index in [2.05, 4.69) is 10.2 Å². The fourth-order valence-corrected chi connectivity index (χ4v) is 1.43. The molecule has 0 fully saturated rings. The van der Waals surface area contributed by atoms with Crippen LogP contribution in [-0.4, -0.2) is 19.6 Å². The minimum atomic E-state index is -0.314. The first-order chi connectivity index (χ1) is 6.81. The Labute approximate surface area is 81.8 Å². The highest BCUT2D eigenvalue weighted by Gasteiger charge is 2.13. The number of methoxy groups -OCH3 is 1. The van der Waals surface area contributed by atoms with E-state index in [0.717, 1.165) is 24.3 Å². The van der Waals surface area contributed by atoms with E-state index in [1.54, 1.807) is 12.1 Å². The molecule has 1 N–H and O–H groups in total. The molecular weight excluding hydrogens is 182 g/mol. The number of benzene rings is 1. The molecule has 0 aromatic heterocycles. The number of fused-ring (bicyclic) bond motifs is 1. The number of ether oxygens (including phenoxy) is 1. The minimum Gasteiger partial charge on any atom is -0.465 e. The van der Waals surface area contributed by atoms with E-state index >= 15 is 0 Å². The van der Waals surface area contributed by atoms with E-state index in [4.69, 9.17) is 4.84 Å². The molecule has 1 aromatic carbocycles. The van der Waals surface area contributed by atoms with Crippen LogP contribution in [0.4, 0.5) is 0 Å². The van der Waals surface area contributed by atoms with Gasteiger partial charge in [0.1, 0.15) is 5.75 Å². The summed E-state index contributed by atoms with van der Waals surface area (Å²) in [5.41, 5.74) is 4.39. The Bertz CT molecular complexity index is 362. The number of nitrogens with one attached hydrogen (secondary N) is 1. The van der Waals surface area contributed by atoms with Crippen molar-refractivity contribution in [3.05, 3.63) is 29.3 Å². The molecule has 1 aromatic rings. The summed E-state index contributed by atoms with van der Waals surface area (Å²) in [6, 6.07) is 5.27. The van der Waals surface area contributed by atoms with Gasteiger partial charge in [0.05, 0.1) is 12.7 Å².